The van der Waals surface area contributed by atoms with Gasteiger partial charge in [0.25, 0.3) is 0 Å². The molecule has 8 nitrogen and oxygen atoms in total. The summed E-state index contributed by atoms with van der Waals surface area (Å²) >= 11 is 0. The molecule has 1 spiro atoms. The summed E-state index contributed by atoms with van der Waals surface area (Å²) in [5.41, 5.74) is 8.33. The zero-order valence-corrected chi connectivity index (χ0v) is 21.1. The Hall–Kier alpha value is -2.58. The third-order valence-electron chi connectivity index (χ3n) is 8.10. The maximum Gasteiger partial charge on any atom is 0.221 e. The van der Waals surface area contributed by atoms with Crippen LogP contribution in [-0.4, -0.2) is 68.0 Å². The molecule has 5 rings (SSSR count). The van der Waals surface area contributed by atoms with Gasteiger partial charge in [-0.2, -0.15) is 4.98 Å². The standard InChI is InChI=1S/C27H39N5O3/c1-32-12-11-27(18-32)9-5-21(6-10-27)35-24-15-20(3-4-23(24)33-2)22-17-30-26(28)31-25(22)29-16-19-7-13-34-14-8-19/h3-4,15,17,19,21H,5-14,16,18H2,1-2H3,(H3,28,29,30,31). The van der Waals surface area contributed by atoms with Crippen LogP contribution in [0.3, 0.4) is 0 Å². The summed E-state index contributed by atoms with van der Waals surface area (Å²) in [6.07, 6.45) is 10.1. The number of likely N-dealkylation sites (tertiary alicyclic amines) is 1. The lowest BCUT2D eigenvalue weighted by Crippen LogP contribution is -2.34. The molecule has 0 unspecified atom stereocenters. The number of benzene rings is 1. The molecule has 0 radical (unpaired) electrons. The Kier molecular flexibility index (Phi) is 7.29. The second kappa shape index (κ2) is 10.6. The molecule has 0 bridgehead atoms. The predicted octanol–water partition coefficient (Wildman–Crippen LogP) is 4.22. The van der Waals surface area contributed by atoms with Crippen LogP contribution >= 0.6 is 0 Å². The zero-order valence-electron chi connectivity index (χ0n) is 21.1. The van der Waals surface area contributed by atoms with Crippen molar-refractivity contribution in [3.05, 3.63) is 24.4 Å². The number of hydrogen-bond acceptors (Lipinski definition) is 8. The van der Waals surface area contributed by atoms with Gasteiger partial charge in [0.05, 0.1) is 13.2 Å². The normalized spacial score (nSPS) is 25.6. The molecule has 8 heteroatoms. The van der Waals surface area contributed by atoms with E-state index in [2.05, 4.69) is 33.3 Å². The van der Waals surface area contributed by atoms with Crippen LogP contribution in [0.5, 0.6) is 11.5 Å². The molecule has 1 aromatic carbocycles. The van der Waals surface area contributed by atoms with Crippen LogP contribution in [0, 0.1) is 11.3 Å². The molecule has 190 valence electrons. The van der Waals surface area contributed by atoms with Gasteiger partial charge in [-0.1, -0.05) is 6.07 Å². The summed E-state index contributed by atoms with van der Waals surface area (Å²) in [5.74, 6) is 3.12. The minimum Gasteiger partial charge on any atom is -0.493 e. The molecule has 1 aliphatic carbocycles. The Morgan fingerprint density at radius 1 is 1.14 bits per heavy atom. The first-order chi connectivity index (χ1) is 17.0. The molecule has 2 aliphatic heterocycles. The fourth-order valence-electron chi connectivity index (χ4n) is 5.94. The SMILES string of the molecule is COc1ccc(-c2cnc(N)nc2NCC2CCOCC2)cc1OC1CCC2(CC1)CCN(C)C2. The van der Waals surface area contributed by atoms with E-state index < -0.39 is 0 Å². The summed E-state index contributed by atoms with van der Waals surface area (Å²) in [6.45, 7) is 4.92. The molecule has 35 heavy (non-hydrogen) atoms. The number of rotatable bonds is 7. The number of nitrogens with zero attached hydrogens (tertiary/aromatic N) is 3. The Labute approximate surface area is 208 Å². The highest BCUT2D eigenvalue weighted by molar-refractivity contribution is 5.77. The van der Waals surface area contributed by atoms with Gasteiger partial charge in [-0.3, -0.25) is 0 Å². The summed E-state index contributed by atoms with van der Waals surface area (Å²) in [7, 11) is 3.93. The topological polar surface area (TPSA) is 94.8 Å². The second-order valence-electron chi connectivity index (χ2n) is 10.6. The third kappa shape index (κ3) is 5.64. The fourth-order valence-corrected chi connectivity index (χ4v) is 5.94. The molecule has 1 aromatic heterocycles. The van der Waals surface area contributed by atoms with E-state index in [0.717, 1.165) is 73.9 Å². The third-order valence-corrected chi connectivity index (χ3v) is 8.10. The number of nitrogen functional groups attached to an aromatic ring is 1. The van der Waals surface area contributed by atoms with Gasteiger partial charge in [0, 0.05) is 38.1 Å². The van der Waals surface area contributed by atoms with E-state index in [1.165, 1.54) is 32.4 Å². The van der Waals surface area contributed by atoms with E-state index in [1.54, 1.807) is 13.3 Å². The van der Waals surface area contributed by atoms with Crippen molar-refractivity contribution in [1.29, 1.82) is 0 Å². The molecule has 3 aliphatic rings. The van der Waals surface area contributed by atoms with Crippen LogP contribution in [0.2, 0.25) is 0 Å². The molecule has 3 fully saturated rings. The molecule has 0 amide bonds. The smallest absolute Gasteiger partial charge is 0.221 e. The Bertz CT molecular complexity index is 1000. The van der Waals surface area contributed by atoms with Crippen molar-refractivity contribution >= 4 is 11.8 Å². The average molecular weight is 482 g/mol. The Morgan fingerprint density at radius 3 is 2.66 bits per heavy atom. The maximum atomic E-state index is 6.55. The molecule has 0 atom stereocenters. The molecule has 2 saturated heterocycles. The summed E-state index contributed by atoms with van der Waals surface area (Å²) in [4.78, 5) is 11.3. The predicted molar refractivity (Wildman–Crippen MR) is 138 cm³/mol. The van der Waals surface area contributed by atoms with Crippen molar-refractivity contribution in [3.8, 4) is 22.6 Å². The summed E-state index contributed by atoms with van der Waals surface area (Å²) in [5, 5.41) is 3.52. The van der Waals surface area contributed by atoms with Gasteiger partial charge < -0.3 is 30.2 Å². The first-order valence-electron chi connectivity index (χ1n) is 13.0. The average Bonchev–Trinajstić information content (AvgIpc) is 3.24. The van der Waals surface area contributed by atoms with Crippen LogP contribution < -0.4 is 20.5 Å². The number of ether oxygens (including phenoxy) is 3. The van der Waals surface area contributed by atoms with Crippen molar-refractivity contribution in [1.82, 2.24) is 14.9 Å². The highest BCUT2D eigenvalue weighted by Gasteiger charge is 2.40. The first-order valence-corrected chi connectivity index (χ1v) is 13.0. The molecule has 3 N–H and O–H groups in total. The molecule has 2 aromatic rings. The van der Waals surface area contributed by atoms with Crippen LogP contribution in [0.4, 0.5) is 11.8 Å². The van der Waals surface area contributed by atoms with E-state index in [0.29, 0.717) is 11.3 Å². The van der Waals surface area contributed by atoms with Crippen molar-refractivity contribution in [2.45, 2.75) is 51.0 Å². The lowest BCUT2D eigenvalue weighted by Gasteiger charge is -2.37. The van der Waals surface area contributed by atoms with Crippen LogP contribution in [0.1, 0.15) is 44.9 Å². The van der Waals surface area contributed by atoms with Crippen molar-refractivity contribution in [2.24, 2.45) is 11.3 Å². The summed E-state index contributed by atoms with van der Waals surface area (Å²) in [6, 6.07) is 6.06. The lowest BCUT2D eigenvalue weighted by atomic mass is 9.72. The van der Waals surface area contributed by atoms with E-state index in [9.17, 15) is 0 Å². The Morgan fingerprint density at radius 2 is 1.94 bits per heavy atom. The summed E-state index contributed by atoms with van der Waals surface area (Å²) < 4.78 is 17.7. The maximum absolute atomic E-state index is 6.55. The van der Waals surface area contributed by atoms with Gasteiger partial charge in [-0.25, -0.2) is 4.98 Å². The van der Waals surface area contributed by atoms with Gasteiger partial charge in [0.15, 0.2) is 11.5 Å². The quantitative estimate of drug-likeness (QED) is 0.607. The van der Waals surface area contributed by atoms with Crippen molar-refractivity contribution in [2.75, 3.05) is 58.1 Å². The number of nitrogens with one attached hydrogen (secondary N) is 1. The molecule has 1 saturated carbocycles. The van der Waals surface area contributed by atoms with Crippen LogP contribution in [0.15, 0.2) is 24.4 Å². The van der Waals surface area contributed by atoms with Gasteiger partial charge in [0.1, 0.15) is 5.82 Å². The minimum atomic E-state index is 0.212. The van der Waals surface area contributed by atoms with Gasteiger partial charge in [-0.15, -0.1) is 0 Å². The number of nitrogens with two attached hydrogens (primary N) is 1. The highest BCUT2D eigenvalue weighted by Crippen LogP contribution is 2.45. The molecule has 3 heterocycles. The van der Waals surface area contributed by atoms with E-state index >= 15 is 0 Å². The van der Waals surface area contributed by atoms with Gasteiger partial charge >= 0.3 is 0 Å². The van der Waals surface area contributed by atoms with Gasteiger partial charge in [0.2, 0.25) is 5.95 Å². The fraction of sp³-hybridized carbons (Fsp3) is 0.630. The molecular formula is C27H39N5O3. The Balaban J connectivity index is 1.31. The molecular weight excluding hydrogens is 442 g/mol. The van der Waals surface area contributed by atoms with Gasteiger partial charge in [-0.05, 0) is 87.6 Å². The number of aromatic nitrogens is 2. The van der Waals surface area contributed by atoms with Crippen LogP contribution in [0.25, 0.3) is 11.1 Å². The zero-order chi connectivity index (χ0) is 24.3. The largest absolute Gasteiger partial charge is 0.493 e. The van der Waals surface area contributed by atoms with Crippen molar-refractivity contribution < 1.29 is 14.2 Å². The number of hydrogen-bond donors (Lipinski definition) is 2. The van der Waals surface area contributed by atoms with E-state index in [4.69, 9.17) is 19.9 Å². The monoisotopic (exact) mass is 481 g/mol. The van der Waals surface area contributed by atoms with Crippen LogP contribution in [-0.2, 0) is 4.74 Å². The van der Waals surface area contributed by atoms with E-state index in [1.807, 2.05) is 12.1 Å². The number of anilines is 2. The van der Waals surface area contributed by atoms with E-state index in [-0.39, 0.29) is 12.1 Å². The minimum absolute atomic E-state index is 0.212. The number of methoxy groups -OCH3 is 1. The highest BCUT2D eigenvalue weighted by atomic mass is 16.5. The first kappa shape index (κ1) is 24.1. The lowest BCUT2D eigenvalue weighted by molar-refractivity contribution is 0.0699. The van der Waals surface area contributed by atoms with Crippen molar-refractivity contribution in [3.63, 3.8) is 0 Å². The second-order valence-corrected chi connectivity index (χ2v) is 10.6.